The van der Waals surface area contributed by atoms with Gasteiger partial charge in [0.2, 0.25) is 5.82 Å². The summed E-state index contributed by atoms with van der Waals surface area (Å²) in [7, 11) is 0. The summed E-state index contributed by atoms with van der Waals surface area (Å²) in [4.78, 5) is 21.8. The number of nitro groups is 1. The smallest absolute Gasteiger partial charge is 0.330 e. The molecule has 7 heteroatoms. The minimum absolute atomic E-state index is 0.121. The number of hydrogen-bond donors (Lipinski definition) is 1. The molecule has 18 heavy (non-hydrogen) atoms. The molecule has 0 bridgehead atoms. The highest BCUT2D eigenvalue weighted by Crippen LogP contribution is 2.19. The van der Waals surface area contributed by atoms with Gasteiger partial charge in [-0.1, -0.05) is 30.3 Å². The average Bonchev–Trinajstić information content (AvgIpc) is 2.72. The molecule has 0 saturated heterocycles. The Balaban J connectivity index is 2.20. The molecule has 2 aromatic rings. The highest BCUT2D eigenvalue weighted by molar-refractivity contribution is 5.96. The lowest BCUT2D eigenvalue weighted by molar-refractivity contribution is -0.384. The average molecular weight is 246 g/mol. The van der Waals surface area contributed by atoms with Gasteiger partial charge >= 0.3 is 5.69 Å². The summed E-state index contributed by atoms with van der Waals surface area (Å²) >= 11 is 0. The Hall–Kier alpha value is -2.70. The van der Waals surface area contributed by atoms with Crippen LogP contribution in [0.5, 0.6) is 0 Å². The molecule has 0 aliphatic heterocycles. The van der Waals surface area contributed by atoms with Crippen LogP contribution in [0.1, 0.15) is 10.4 Å². The molecule has 0 saturated carbocycles. The van der Waals surface area contributed by atoms with E-state index in [-0.39, 0.29) is 23.8 Å². The highest BCUT2D eigenvalue weighted by Gasteiger charge is 2.19. The van der Waals surface area contributed by atoms with Crippen LogP contribution in [0.2, 0.25) is 0 Å². The molecule has 0 unspecified atom stereocenters. The second kappa shape index (κ2) is 4.66. The van der Waals surface area contributed by atoms with Gasteiger partial charge < -0.3 is 5.73 Å². The van der Waals surface area contributed by atoms with Gasteiger partial charge in [-0.25, -0.2) is 4.68 Å². The van der Waals surface area contributed by atoms with Crippen molar-refractivity contribution in [3.05, 3.63) is 52.2 Å². The largest absolute Gasteiger partial charge is 0.378 e. The molecule has 92 valence electrons. The molecule has 2 rings (SSSR count). The first kappa shape index (κ1) is 11.8. The van der Waals surface area contributed by atoms with E-state index >= 15 is 0 Å². The summed E-state index contributed by atoms with van der Waals surface area (Å²) in [6.45, 7) is -0.121. The highest BCUT2D eigenvalue weighted by atomic mass is 16.6. The summed E-state index contributed by atoms with van der Waals surface area (Å²) in [5.74, 6) is -0.329. The van der Waals surface area contributed by atoms with Gasteiger partial charge in [-0.3, -0.25) is 14.9 Å². The Kier molecular flexibility index (Phi) is 3.05. The van der Waals surface area contributed by atoms with Crippen LogP contribution in [0.25, 0.3) is 0 Å². The van der Waals surface area contributed by atoms with Crippen molar-refractivity contribution in [2.45, 2.75) is 6.54 Å². The number of carbonyl (C=O) groups excluding carboxylic acids is 1. The third-order valence-electron chi connectivity index (χ3n) is 2.45. The summed E-state index contributed by atoms with van der Waals surface area (Å²) in [6, 6.07) is 8.60. The molecule has 2 N–H and O–H groups in total. The zero-order valence-electron chi connectivity index (χ0n) is 9.31. The Morgan fingerprint density at radius 3 is 2.61 bits per heavy atom. The van der Waals surface area contributed by atoms with Crippen molar-refractivity contribution >= 4 is 17.3 Å². The molecule has 0 atom stereocenters. The Morgan fingerprint density at radius 2 is 2.06 bits per heavy atom. The van der Waals surface area contributed by atoms with Crippen LogP contribution in [0.15, 0.2) is 36.5 Å². The number of aromatic nitrogens is 2. The number of hydrogen-bond acceptors (Lipinski definition) is 5. The number of rotatable bonds is 4. The topological polar surface area (TPSA) is 104 Å². The van der Waals surface area contributed by atoms with Crippen LogP contribution in [0.4, 0.5) is 11.5 Å². The van der Waals surface area contributed by atoms with Crippen molar-refractivity contribution in [1.82, 2.24) is 9.78 Å². The van der Waals surface area contributed by atoms with E-state index in [4.69, 9.17) is 5.73 Å². The predicted octanol–water partition coefficient (Wildman–Crippen LogP) is 1.26. The van der Waals surface area contributed by atoms with Crippen molar-refractivity contribution in [1.29, 1.82) is 0 Å². The molecule has 0 amide bonds. The normalized spacial score (nSPS) is 10.2. The van der Waals surface area contributed by atoms with Gasteiger partial charge in [-0.15, -0.1) is 0 Å². The fourth-order valence-electron chi connectivity index (χ4n) is 1.50. The van der Waals surface area contributed by atoms with Crippen LogP contribution in [-0.4, -0.2) is 20.5 Å². The van der Waals surface area contributed by atoms with E-state index in [1.165, 1.54) is 0 Å². The van der Waals surface area contributed by atoms with E-state index in [0.29, 0.717) is 5.56 Å². The molecule has 1 aromatic carbocycles. The van der Waals surface area contributed by atoms with E-state index in [2.05, 4.69) is 5.10 Å². The van der Waals surface area contributed by atoms with E-state index < -0.39 is 4.92 Å². The second-order valence-corrected chi connectivity index (χ2v) is 3.62. The molecule has 0 spiro atoms. The number of nitrogens with two attached hydrogens (primary N) is 1. The molecule has 0 fully saturated rings. The Bertz CT molecular complexity index is 592. The Morgan fingerprint density at radius 1 is 1.39 bits per heavy atom. The number of benzene rings is 1. The van der Waals surface area contributed by atoms with Crippen molar-refractivity contribution in [3.63, 3.8) is 0 Å². The van der Waals surface area contributed by atoms with Crippen LogP contribution >= 0.6 is 0 Å². The van der Waals surface area contributed by atoms with Crippen molar-refractivity contribution in [2.24, 2.45) is 0 Å². The van der Waals surface area contributed by atoms with Crippen LogP contribution in [0.3, 0.4) is 0 Å². The molecule has 0 aliphatic rings. The number of anilines is 1. The lowest BCUT2D eigenvalue weighted by Crippen LogP contribution is -2.14. The number of Topliss-reactive ketones (excluding diaryl/α,β-unsaturated/α-hetero) is 1. The van der Waals surface area contributed by atoms with Gasteiger partial charge in [0.1, 0.15) is 12.7 Å². The maximum Gasteiger partial charge on any atom is 0.330 e. The minimum Gasteiger partial charge on any atom is -0.378 e. The van der Waals surface area contributed by atoms with Gasteiger partial charge in [0.05, 0.1) is 4.92 Å². The van der Waals surface area contributed by atoms with E-state index in [0.717, 1.165) is 10.9 Å². The molecule has 1 aromatic heterocycles. The van der Waals surface area contributed by atoms with E-state index in [1.54, 1.807) is 30.3 Å². The number of ketones is 1. The van der Waals surface area contributed by atoms with Gasteiger partial charge in [0.15, 0.2) is 5.78 Å². The number of nitrogen functional groups attached to an aromatic ring is 1. The summed E-state index contributed by atoms with van der Waals surface area (Å²) < 4.78 is 1.12. The lowest BCUT2D eigenvalue weighted by Gasteiger charge is -2.02. The fourth-order valence-corrected chi connectivity index (χ4v) is 1.50. The quantitative estimate of drug-likeness (QED) is 0.496. The molecule has 0 radical (unpaired) electrons. The summed E-state index contributed by atoms with van der Waals surface area (Å²) in [5, 5.41) is 14.3. The molecule has 7 nitrogen and oxygen atoms in total. The monoisotopic (exact) mass is 246 g/mol. The molecule has 0 aliphatic carbocycles. The van der Waals surface area contributed by atoms with Crippen LogP contribution in [-0.2, 0) is 6.54 Å². The first-order valence-corrected chi connectivity index (χ1v) is 5.13. The van der Waals surface area contributed by atoms with Gasteiger partial charge in [0, 0.05) is 5.56 Å². The van der Waals surface area contributed by atoms with Crippen molar-refractivity contribution in [3.8, 4) is 0 Å². The van der Waals surface area contributed by atoms with Crippen LogP contribution in [0, 0.1) is 10.1 Å². The molecular weight excluding hydrogens is 236 g/mol. The predicted molar refractivity (Wildman–Crippen MR) is 64.1 cm³/mol. The third-order valence-corrected chi connectivity index (χ3v) is 2.45. The van der Waals surface area contributed by atoms with E-state index in [9.17, 15) is 14.9 Å². The fraction of sp³-hybridized carbons (Fsp3) is 0.0909. The zero-order valence-corrected chi connectivity index (χ0v) is 9.31. The van der Waals surface area contributed by atoms with Crippen molar-refractivity contribution in [2.75, 3.05) is 5.73 Å². The molecule has 1 heterocycles. The van der Waals surface area contributed by atoms with Crippen LogP contribution < -0.4 is 5.73 Å². The first-order valence-electron chi connectivity index (χ1n) is 5.13. The van der Waals surface area contributed by atoms with Gasteiger partial charge in [-0.2, -0.15) is 5.10 Å². The Labute approximate surface area is 102 Å². The number of carbonyl (C=O) groups is 1. The van der Waals surface area contributed by atoms with Gasteiger partial charge in [-0.05, 0) is 0 Å². The van der Waals surface area contributed by atoms with E-state index in [1.807, 2.05) is 0 Å². The lowest BCUT2D eigenvalue weighted by atomic mass is 10.1. The van der Waals surface area contributed by atoms with Crippen molar-refractivity contribution < 1.29 is 9.72 Å². The molecular formula is C11H10N4O3. The first-order chi connectivity index (χ1) is 8.59. The maximum absolute atomic E-state index is 11.9. The summed E-state index contributed by atoms with van der Waals surface area (Å²) in [5.41, 5.74) is 5.75. The van der Waals surface area contributed by atoms with Gasteiger partial charge in [0.25, 0.3) is 0 Å². The summed E-state index contributed by atoms with van der Waals surface area (Å²) in [6.07, 6.45) is 1.04. The SMILES string of the molecule is Nc1c([N+](=O)[O-])cnn1CC(=O)c1ccccc1. The maximum atomic E-state index is 11.9. The second-order valence-electron chi connectivity index (χ2n) is 3.62. The zero-order chi connectivity index (χ0) is 13.1. The standard InChI is InChI=1S/C11H10N4O3/c12-11-9(15(17)18)6-13-14(11)7-10(16)8-4-2-1-3-5-8/h1-6H,7,12H2. The number of nitrogens with zero attached hydrogens (tertiary/aromatic N) is 3. The third kappa shape index (κ3) is 2.19. The minimum atomic E-state index is -0.633.